The van der Waals surface area contributed by atoms with Crippen LogP contribution in [-0.2, 0) is 19.1 Å². The number of aliphatic hydroxyl groups excluding tert-OH is 1. The molecule has 0 fully saturated rings. The van der Waals surface area contributed by atoms with Crippen LogP contribution in [0.25, 0.3) is 0 Å². The summed E-state index contributed by atoms with van der Waals surface area (Å²) in [6, 6.07) is 0. The van der Waals surface area contributed by atoms with E-state index in [0.717, 1.165) is 12.0 Å². The molecule has 4 atom stereocenters. The lowest BCUT2D eigenvalue weighted by Crippen LogP contribution is -2.44. The number of hydrogen-bond donors (Lipinski definition) is 1. The summed E-state index contributed by atoms with van der Waals surface area (Å²) in [5, 5.41) is 10.6. The topological polar surface area (TPSA) is 72.8 Å². The molecular formula is C24H36O5. The molecule has 5 heteroatoms. The van der Waals surface area contributed by atoms with Crippen LogP contribution in [-0.4, -0.2) is 42.3 Å². The van der Waals surface area contributed by atoms with Gasteiger partial charge in [0.1, 0.15) is 12.2 Å². The molecule has 1 rings (SSSR count). The number of Topliss-reactive ketones (excluding diaryl/α,β-unsaturated/α-hetero) is 1. The SMILES string of the molecule is CCOCC1=C[C@H](OC(C)=O)[C@H](/C(C)=C/C=C/C(C)/C=C/CC(C)C)[C@@H](O)C1=O. The van der Waals surface area contributed by atoms with E-state index in [4.69, 9.17) is 9.47 Å². The maximum Gasteiger partial charge on any atom is 0.303 e. The summed E-state index contributed by atoms with van der Waals surface area (Å²) in [4.78, 5) is 24.1. The molecule has 29 heavy (non-hydrogen) atoms. The molecule has 0 aromatic heterocycles. The van der Waals surface area contributed by atoms with Crippen LogP contribution in [0.2, 0.25) is 0 Å². The highest BCUT2D eigenvalue weighted by Gasteiger charge is 2.40. The minimum Gasteiger partial charge on any atom is -0.458 e. The molecule has 162 valence electrons. The summed E-state index contributed by atoms with van der Waals surface area (Å²) in [5.41, 5.74) is 1.12. The third-order valence-electron chi connectivity index (χ3n) is 4.76. The van der Waals surface area contributed by atoms with Crippen LogP contribution in [0.4, 0.5) is 0 Å². The second-order valence-corrected chi connectivity index (χ2v) is 7.95. The number of rotatable bonds is 10. The van der Waals surface area contributed by atoms with Crippen LogP contribution in [0.3, 0.4) is 0 Å². The van der Waals surface area contributed by atoms with Gasteiger partial charge < -0.3 is 14.6 Å². The van der Waals surface area contributed by atoms with E-state index in [1.165, 1.54) is 6.92 Å². The molecule has 5 nitrogen and oxygen atoms in total. The Morgan fingerprint density at radius 3 is 2.52 bits per heavy atom. The number of esters is 1. The summed E-state index contributed by atoms with van der Waals surface area (Å²) in [5.74, 6) is -0.547. The third kappa shape index (κ3) is 8.50. The predicted molar refractivity (Wildman–Crippen MR) is 115 cm³/mol. The van der Waals surface area contributed by atoms with Gasteiger partial charge in [0.25, 0.3) is 0 Å². The highest BCUT2D eigenvalue weighted by molar-refractivity contribution is 6.00. The third-order valence-corrected chi connectivity index (χ3v) is 4.76. The minimum atomic E-state index is -1.27. The van der Waals surface area contributed by atoms with E-state index in [2.05, 4.69) is 39.0 Å². The van der Waals surface area contributed by atoms with E-state index in [0.29, 0.717) is 18.1 Å². The number of ketones is 1. The van der Waals surface area contributed by atoms with Gasteiger partial charge in [-0.2, -0.15) is 0 Å². The number of carbonyl (C=O) groups is 2. The van der Waals surface area contributed by atoms with Crippen LogP contribution >= 0.6 is 0 Å². The number of allylic oxidation sites excluding steroid dienone is 5. The van der Waals surface area contributed by atoms with Crippen LogP contribution in [0, 0.1) is 17.8 Å². The van der Waals surface area contributed by atoms with Crippen molar-refractivity contribution in [1.82, 2.24) is 0 Å². The van der Waals surface area contributed by atoms with Gasteiger partial charge in [0.15, 0.2) is 5.78 Å². The van der Waals surface area contributed by atoms with E-state index in [1.54, 1.807) is 6.08 Å². The lowest BCUT2D eigenvalue weighted by atomic mass is 9.79. The van der Waals surface area contributed by atoms with Crippen LogP contribution in [0.5, 0.6) is 0 Å². The van der Waals surface area contributed by atoms with Crippen LogP contribution in [0.1, 0.15) is 48.0 Å². The molecule has 0 spiro atoms. The second-order valence-electron chi connectivity index (χ2n) is 7.95. The fourth-order valence-electron chi connectivity index (χ4n) is 3.18. The molecule has 0 aromatic rings. The van der Waals surface area contributed by atoms with Crippen molar-refractivity contribution in [3.63, 3.8) is 0 Å². The van der Waals surface area contributed by atoms with Gasteiger partial charge >= 0.3 is 5.97 Å². The predicted octanol–water partition coefficient (Wildman–Crippen LogP) is 4.18. The van der Waals surface area contributed by atoms with Crippen LogP contribution < -0.4 is 0 Å². The van der Waals surface area contributed by atoms with Crippen LogP contribution in [0.15, 0.2) is 47.6 Å². The lowest BCUT2D eigenvalue weighted by Gasteiger charge is -2.33. The molecule has 0 saturated heterocycles. The fourth-order valence-corrected chi connectivity index (χ4v) is 3.18. The standard InChI is InChI=1S/C24H36O5/c1-7-28-15-20-14-21(29-19(6)25)22(24(27)23(20)26)18(5)13-9-12-17(4)11-8-10-16(2)3/h8-9,11-14,16-17,21-22,24,27H,7,10,15H2,1-6H3/b11-8+,12-9+,18-13+/t17?,21-,22-,24+/m0/s1. The molecule has 1 N–H and O–H groups in total. The zero-order chi connectivity index (χ0) is 22.0. The number of ether oxygens (including phenoxy) is 2. The zero-order valence-corrected chi connectivity index (χ0v) is 18.6. The van der Waals surface area contributed by atoms with Gasteiger partial charge in [0.05, 0.1) is 12.5 Å². The Kier molecular flexibility index (Phi) is 10.8. The van der Waals surface area contributed by atoms with E-state index in [9.17, 15) is 14.7 Å². The number of carbonyl (C=O) groups excluding carboxylic acids is 2. The summed E-state index contributed by atoms with van der Waals surface area (Å²) in [7, 11) is 0. The van der Waals surface area contributed by atoms with Gasteiger partial charge in [0, 0.05) is 19.1 Å². The van der Waals surface area contributed by atoms with Crippen molar-refractivity contribution in [1.29, 1.82) is 0 Å². The molecule has 0 heterocycles. The Labute approximate surface area is 175 Å². The van der Waals surface area contributed by atoms with Gasteiger partial charge in [-0.3, -0.25) is 9.59 Å². The van der Waals surface area contributed by atoms with E-state index in [1.807, 2.05) is 26.0 Å². The Bertz CT molecular complexity index is 669. The summed E-state index contributed by atoms with van der Waals surface area (Å²) in [6.45, 7) is 12.0. The first-order chi connectivity index (χ1) is 13.7. The number of hydrogen-bond acceptors (Lipinski definition) is 5. The average molecular weight is 405 g/mol. The Hall–Kier alpha value is -1.98. The molecule has 1 aliphatic carbocycles. The molecule has 0 bridgehead atoms. The largest absolute Gasteiger partial charge is 0.458 e. The molecule has 1 unspecified atom stereocenters. The van der Waals surface area contributed by atoms with Crippen molar-refractivity contribution >= 4 is 11.8 Å². The summed E-state index contributed by atoms with van der Waals surface area (Å²) in [6.07, 6.45) is 10.8. The quantitative estimate of drug-likeness (QED) is 0.336. The smallest absolute Gasteiger partial charge is 0.303 e. The molecule has 0 aromatic carbocycles. The molecule has 0 saturated carbocycles. The molecule has 0 aliphatic heterocycles. The van der Waals surface area contributed by atoms with Gasteiger partial charge in [-0.15, -0.1) is 0 Å². The van der Waals surface area contributed by atoms with E-state index < -0.39 is 24.1 Å². The first-order valence-corrected chi connectivity index (χ1v) is 10.4. The normalized spacial score (nSPS) is 24.4. The molecule has 0 radical (unpaired) electrons. The van der Waals surface area contributed by atoms with E-state index >= 15 is 0 Å². The van der Waals surface area contributed by atoms with Gasteiger partial charge in [0.2, 0.25) is 0 Å². The highest BCUT2D eigenvalue weighted by Crippen LogP contribution is 2.30. The van der Waals surface area contributed by atoms with Crippen molar-refractivity contribution in [2.75, 3.05) is 13.2 Å². The number of aliphatic hydroxyl groups is 1. The monoisotopic (exact) mass is 404 g/mol. The molecule has 1 aliphatic rings. The van der Waals surface area contributed by atoms with Gasteiger partial charge in [-0.25, -0.2) is 0 Å². The Morgan fingerprint density at radius 1 is 1.24 bits per heavy atom. The Morgan fingerprint density at radius 2 is 1.93 bits per heavy atom. The summed E-state index contributed by atoms with van der Waals surface area (Å²) >= 11 is 0. The summed E-state index contributed by atoms with van der Waals surface area (Å²) < 4.78 is 10.7. The molecule has 0 amide bonds. The maximum absolute atomic E-state index is 12.5. The second kappa shape index (κ2) is 12.6. The fraction of sp³-hybridized carbons (Fsp3) is 0.583. The van der Waals surface area contributed by atoms with Crippen molar-refractivity contribution in [2.24, 2.45) is 17.8 Å². The van der Waals surface area contributed by atoms with Crippen molar-refractivity contribution in [2.45, 2.75) is 60.2 Å². The maximum atomic E-state index is 12.5. The van der Waals surface area contributed by atoms with Gasteiger partial charge in [-0.05, 0) is 38.2 Å². The van der Waals surface area contributed by atoms with E-state index in [-0.39, 0.29) is 18.3 Å². The lowest BCUT2D eigenvalue weighted by molar-refractivity contribution is -0.150. The average Bonchev–Trinajstić information content (AvgIpc) is 2.62. The highest BCUT2D eigenvalue weighted by atomic mass is 16.5. The first kappa shape index (κ1) is 25.1. The minimum absolute atomic E-state index is 0.0970. The zero-order valence-electron chi connectivity index (χ0n) is 18.6. The van der Waals surface area contributed by atoms with Crippen molar-refractivity contribution in [3.05, 3.63) is 47.6 Å². The Balaban J connectivity index is 2.98. The van der Waals surface area contributed by atoms with Crippen molar-refractivity contribution in [3.8, 4) is 0 Å². The molecular weight excluding hydrogens is 368 g/mol. The van der Waals surface area contributed by atoms with Gasteiger partial charge in [-0.1, -0.05) is 56.7 Å². The van der Waals surface area contributed by atoms with Crippen molar-refractivity contribution < 1.29 is 24.2 Å². The first-order valence-electron chi connectivity index (χ1n) is 10.4.